The minimum absolute atomic E-state index is 0.0338. The number of halogens is 1. The fraction of sp³-hybridized carbons (Fsp3) is 0.333. The lowest BCUT2D eigenvalue weighted by atomic mass is 10.1. The average Bonchev–Trinajstić information content (AvgIpc) is 3.10. The Labute approximate surface area is 180 Å². The summed E-state index contributed by atoms with van der Waals surface area (Å²) in [5, 5.41) is 2.68. The van der Waals surface area contributed by atoms with Gasteiger partial charge >= 0.3 is 0 Å². The standard InChI is InChI=1S/C21H24FN3O5S/c1-14(13-30-2)24-31(28,29)17-9-7-16(8-10-17)23-21(27)15-11-20(26)25(12-15)19-6-4-3-5-18(19)22/h3-10,14-15,24H,11-13H2,1-2H3,(H,23,27). The molecule has 1 fully saturated rings. The van der Waals surface area contributed by atoms with Crippen molar-refractivity contribution in [1.29, 1.82) is 0 Å². The van der Waals surface area contributed by atoms with Gasteiger partial charge in [-0.1, -0.05) is 12.1 Å². The monoisotopic (exact) mass is 449 g/mol. The van der Waals surface area contributed by atoms with Crippen molar-refractivity contribution in [3.8, 4) is 0 Å². The molecule has 2 atom stereocenters. The molecule has 2 aromatic carbocycles. The number of methoxy groups -OCH3 is 1. The van der Waals surface area contributed by atoms with Crippen LogP contribution in [0.3, 0.4) is 0 Å². The van der Waals surface area contributed by atoms with E-state index < -0.39 is 33.7 Å². The molecule has 1 heterocycles. The van der Waals surface area contributed by atoms with E-state index in [1.165, 1.54) is 54.5 Å². The van der Waals surface area contributed by atoms with Crippen molar-refractivity contribution in [3.63, 3.8) is 0 Å². The Hall–Kier alpha value is -2.82. The van der Waals surface area contributed by atoms with Gasteiger partial charge in [-0.3, -0.25) is 9.59 Å². The molecule has 1 aliphatic heterocycles. The SMILES string of the molecule is COCC(C)NS(=O)(=O)c1ccc(NC(=O)C2CC(=O)N(c3ccccc3F)C2)cc1. The third-order valence-electron chi connectivity index (χ3n) is 4.84. The highest BCUT2D eigenvalue weighted by atomic mass is 32.2. The Morgan fingerprint density at radius 1 is 1.23 bits per heavy atom. The topological polar surface area (TPSA) is 105 Å². The van der Waals surface area contributed by atoms with E-state index in [1.807, 2.05) is 0 Å². The number of ether oxygens (including phenoxy) is 1. The van der Waals surface area contributed by atoms with Gasteiger partial charge < -0.3 is 15.0 Å². The van der Waals surface area contributed by atoms with Gasteiger partial charge in [-0.15, -0.1) is 0 Å². The summed E-state index contributed by atoms with van der Waals surface area (Å²) in [6.07, 6.45) is -0.0338. The molecular formula is C21H24FN3O5S. The van der Waals surface area contributed by atoms with Crippen molar-refractivity contribution >= 4 is 33.2 Å². The van der Waals surface area contributed by atoms with Gasteiger partial charge in [0.1, 0.15) is 5.82 Å². The fourth-order valence-corrected chi connectivity index (χ4v) is 4.59. The predicted octanol–water partition coefficient (Wildman–Crippen LogP) is 2.13. The van der Waals surface area contributed by atoms with Crippen LogP contribution in [-0.2, 0) is 24.3 Å². The molecule has 2 N–H and O–H groups in total. The molecule has 2 aromatic rings. The lowest BCUT2D eigenvalue weighted by Crippen LogP contribution is -2.35. The minimum Gasteiger partial charge on any atom is -0.383 e. The molecule has 0 aromatic heterocycles. The number of rotatable bonds is 8. The zero-order valence-electron chi connectivity index (χ0n) is 17.2. The molecule has 0 radical (unpaired) electrons. The molecule has 10 heteroatoms. The number of para-hydroxylation sites is 1. The van der Waals surface area contributed by atoms with E-state index in [2.05, 4.69) is 10.0 Å². The zero-order chi connectivity index (χ0) is 22.6. The number of sulfonamides is 1. The summed E-state index contributed by atoms with van der Waals surface area (Å²) in [5.74, 6) is -1.90. The van der Waals surface area contributed by atoms with Gasteiger partial charge in [0, 0.05) is 31.8 Å². The summed E-state index contributed by atoms with van der Waals surface area (Å²) in [5.41, 5.74) is 0.540. The second-order valence-corrected chi connectivity index (χ2v) is 9.06. The highest BCUT2D eigenvalue weighted by molar-refractivity contribution is 7.89. The largest absolute Gasteiger partial charge is 0.383 e. The van der Waals surface area contributed by atoms with E-state index in [-0.39, 0.29) is 36.1 Å². The number of anilines is 2. The summed E-state index contributed by atoms with van der Waals surface area (Å²) < 4.78 is 46.1. The summed E-state index contributed by atoms with van der Waals surface area (Å²) in [6, 6.07) is 11.2. The van der Waals surface area contributed by atoms with Crippen molar-refractivity contribution in [2.24, 2.45) is 5.92 Å². The average molecular weight is 450 g/mol. The number of amides is 2. The third-order valence-corrected chi connectivity index (χ3v) is 6.45. The molecule has 1 saturated heterocycles. The molecule has 3 rings (SSSR count). The number of benzene rings is 2. The van der Waals surface area contributed by atoms with Crippen molar-refractivity contribution < 1.29 is 27.1 Å². The molecule has 2 unspecified atom stereocenters. The summed E-state index contributed by atoms with van der Waals surface area (Å²) >= 11 is 0. The van der Waals surface area contributed by atoms with Gasteiger partial charge in [-0.2, -0.15) is 0 Å². The molecule has 2 amide bonds. The second kappa shape index (κ2) is 9.54. The summed E-state index contributed by atoms with van der Waals surface area (Å²) in [6.45, 7) is 1.99. The van der Waals surface area contributed by atoms with Crippen LogP contribution in [0.2, 0.25) is 0 Å². The molecule has 166 valence electrons. The van der Waals surface area contributed by atoms with E-state index in [1.54, 1.807) is 13.0 Å². The van der Waals surface area contributed by atoms with Gasteiger partial charge in [-0.25, -0.2) is 17.5 Å². The van der Waals surface area contributed by atoms with Gasteiger partial charge in [0.25, 0.3) is 0 Å². The van der Waals surface area contributed by atoms with Crippen LogP contribution in [0, 0.1) is 11.7 Å². The van der Waals surface area contributed by atoms with Crippen LogP contribution in [0.1, 0.15) is 13.3 Å². The number of nitrogens with one attached hydrogen (secondary N) is 2. The van der Waals surface area contributed by atoms with Gasteiger partial charge in [-0.05, 0) is 43.3 Å². The van der Waals surface area contributed by atoms with Crippen LogP contribution >= 0.6 is 0 Å². The van der Waals surface area contributed by atoms with E-state index >= 15 is 0 Å². The van der Waals surface area contributed by atoms with Gasteiger partial charge in [0.05, 0.1) is 23.1 Å². The lowest BCUT2D eigenvalue weighted by molar-refractivity contribution is -0.122. The predicted molar refractivity (Wildman–Crippen MR) is 114 cm³/mol. The summed E-state index contributed by atoms with van der Waals surface area (Å²) in [7, 11) is -2.24. The van der Waals surface area contributed by atoms with Crippen LogP contribution in [0.5, 0.6) is 0 Å². The first-order chi connectivity index (χ1) is 14.7. The Morgan fingerprint density at radius 3 is 2.55 bits per heavy atom. The maximum atomic E-state index is 14.0. The maximum Gasteiger partial charge on any atom is 0.240 e. The smallest absolute Gasteiger partial charge is 0.240 e. The molecule has 31 heavy (non-hydrogen) atoms. The van der Waals surface area contributed by atoms with Crippen LogP contribution in [0.25, 0.3) is 0 Å². The Bertz CT molecular complexity index is 1060. The quantitative estimate of drug-likeness (QED) is 0.643. The highest BCUT2D eigenvalue weighted by Gasteiger charge is 2.36. The Morgan fingerprint density at radius 2 is 1.90 bits per heavy atom. The number of carbonyl (C=O) groups is 2. The molecule has 8 nitrogen and oxygen atoms in total. The lowest BCUT2D eigenvalue weighted by Gasteiger charge is -2.17. The number of hydrogen-bond acceptors (Lipinski definition) is 5. The van der Waals surface area contributed by atoms with Crippen molar-refractivity contribution in [2.75, 3.05) is 30.5 Å². The first kappa shape index (κ1) is 22.9. The van der Waals surface area contributed by atoms with E-state index in [9.17, 15) is 22.4 Å². The minimum atomic E-state index is -3.72. The first-order valence-corrected chi connectivity index (χ1v) is 11.2. The van der Waals surface area contributed by atoms with E-state index in [0.29, 0.717) is 5.69 Å². The zero-order valence-corrected chi connectivity index (χ0v) is 18.0. The van der Waals surface area contributed by atoms with Gasteiger partial charge in [0.15, 0.2) is 0 Å². The molecule has 0 bridgehead atoms. The molecular weight excluding hydrogens is 425 g/mol. The van der Waals surface area contributed by atoms with Crippen LogP contribution in [0.15, 0.2) is 53.4 Å². The van der Waals surface area contributed by atoms with Crippen molar-refractivity contribution in [2.45, 2.75) is 24.3 Å². The third kappa shape index (κ3) is 5.46. The second-order valence-electron chi connectivity index (χ2n) is 7.35. The molecule has 1 aliphatic rings. The summed E-state index contributed by atoms with van der Waals surface area (Å²) in [4.78, 5) is 26.2. The Kier molecular flexibility index (Phi) is 7.04. The molecule has 0 saturated carbocycles. The Balaban J connectivity index is 1.64. The first-order valence-electron chi connectivity index (χ1n) is 9.68. The van der Waals surface area contributed by atoms with E-state index in [4.69, 9.17) is 4.74 Å². The van der Waals surface area contributed by atoms with Crippen molar-refractivity contribution in [3.05, 3.63) is 54.3 Å². The number of carbonyl (C=O) groups excluding carboxylic acids is 2. The number of hydrogen-bond donors (Lipinski definition) is 2. The van der Waals surface area contributed by atoms with Crippen molar-refractivity contribution in [1.82, 2.24) is 4.72 Å². The van der Waals surface area contributed by atoms with Crippen LogP contribution in [-0.4, -0.2) is 46.5 Å². The fourth-order valence-electron chi connectivity index (χ4n) is 3.37. The van der Waals surface area contributed by atoms with Crippen LogP contribution < -0.4 is 14.9 Å². The molecule has 0 spiro atoms. The molecule has 0 aliphatic carbocycles. The maximum absolute atomic E-state index is 14.0. The highest BCUT2D eigenvalue weighted by Crippen LogP contribution is 2.28. The van der Waals surface area contributed by atoms with Gasteiger partial charge in [0.2, 0.25) is 21.8 Å². The number of nitrogens with zero attached hydrogens (tertiary/aromatic N) is 1. The normalized spacial score (nSPS) is 17.6. The van der Waals surface area contributed by atoms with E-state index in [0.717, 1.165) is 0 Å². The van der Waals surface area contributed by atoms with Crippen LogP contribution in [0.4, 0.5) is 15.8 Å².